The first-order valence-corrected chi connectivity index (χ1v) is 6.82. The third-order valence-electron chi connectivity index (χ3n) is 3.53. The van der Waals surface area contributed by atoms with Gasteiger partial charge in [-0.1, -0.05) is 41.6 Å². The van der Waals surface area contributed by atoms with Gasteiger partial charge in [-0.15, -0.1) is 15.3 Å². The second-order valence-electron chi connectivity index (χ2n) is 4.91. The van der Waals surface area contributed by atoms with E-state index in [0.717, 1.165) is 16.5 Å². The highest BCUT2D eigenvalue weighted by atomic mass is 15.3. The zero-order chi connectivity index (χ0) is 14.9. The number of anilines is 1. The van der Waals surface area contributed by atoms with Crippen LogP contribution in [0.2, 0.25) is 0 Å². The van der Waals surface area contributed by atoms with Crippen molar-refractivity contribution in [3.63, 3.8) is 0 Å². The molecule has 22 heavy (non-hydrogen) atoms. The molecule has 3 aromatic carbocycles. The quantitative estimate of drug-likeness (QED) is 0.429. The van der Waals surface area contributed by atoms with Crippen LogP contribution in [0.25, 0.3) is 21.8 Å². The number of rotatable bonds is 2. The Morgan fingerprint density at radius 3 is 2.73 bits per heavy atom. The number of nitrogens with two attached hydrogens (primary N) is 1. The van der Waals surface area contributed by atoms with Crippen LogP contribution in [0.15, 0.2) is 64.8 Å². The molecule has 0 bridgehead atoms. The van der Waals surface area contributed by atoms with Gasteiger partial charge in [-0.25, -0.2) is 0 Å². The SMILES string of the molecule is Nc1ccc2nn[nH]c2c1/N=N/c1cccc2ccccc12. The van der Waals surface area contributed by atoms with Crippen LogP contribution < -0.4 is 5.73 Å². The lowest BCUT2D eigenvalue weighted by molar-refractivity contribution is 0.959. The summed E-state index contributed by atoms with van der Waals surface area (Å²) in [6.45, 7) is 0. The third kappa shape index (κ3) is 1.98. The summed E-state index contributed by atoms with van der Waals surface area (Å²) in [5, 5.41) is 21.4. The fourth-order valence-corrected chi connectivity index (χ4v) is 2.43. The van der Waals surface area contributed by atoms with E-state index in [1.54, 1.807) is 12.1 Å². The number of azo groups is 1. The van der Waals surface area contributed by atoms with Crippen molar-refractivity contribution in [3.05, 3.63) is 54.6 Å². The van der Waals surface area contributed by atoms with Crippen LogP contribution in [0, 0.1) is 0 Å². The molecule has 0 saturated carbocycles. The minimum atomic E-state index is 0.530. The molecule has 4 aromatic rings. The third-order valence-corrected chi connectivity index (χ3v) is 3.53. The molecule has 0 atom stereocenters. The van der Waals surface area contributed by atoms with Crippen LogP contribution in [0.3, 0.4) is 0 Å². The molecule has 0 saturated heterocycles. The molecule has 106 valence electrons. The van der Waals surface area contributed by atoms with E-state index in [9.17, 15) is 0 Å². The lowest BCUT2D eigenvalue weighted by Crippen LogP contribution is -1.85. The normalized spacial score (nSPS) is 11.6. The molecule has 0 aliphatic carbocycles. The molecule has 0 spiro atoms. The Morgan fingerprint density at radius 1 is 0.909 bits per heavy atom. The van der Waals surface area contributed by atoms with E-state index in [2.05, 4.69) is 25.6 Å². The molecule has 0 amide bonds. The van der Waals surface area contributed by atoms with E-state index >= 15 is 0 Å². The Labute approximate surface area is 125 Å². The summed E-state index contributed by atoms with van der Waals surface area (Å²) in [5.74, 6) is 0. The lowest BCUT2D eigenvalue weighted by atomic mass is 10.1. The number of nitrogens with zero attached hydrogens (tertiary/aromatic N) is 4. The van der Waals surface area contributed by atoms with E-state index in [1.165, 1.54) is 0 Å². The van der Waals surface area contributed by atoms with Crippen molar-refractivity contribution in [1.29, 1.82) is 0 Å². The first kappa shape index (κ1) is 12.5. The summed E-state index contributed by atoms with van der Waals surface area (Å²) in [7, 11) is 0. The topological polar surface area (TPSA) is 92.3 Å². The van der Waals surface area contributed by atoms with Gasteiger partial charge in [0.25, 0.3) is 0 Å². The highest BCUT2D eigenvalue weighted by molar-refractivity contribution is 5.94. The molecule has 1 heterocycles. The molecular weight excluding hydrogens is 276 g/mol. The van der Waals surface area contributed by atoms with Crippen molar-refractivity contribution in [2.24, 2.45) is 10.2 Å². The van der Waals surface area contributed by atoms with Crippen LogP contribution >= 0.6 is 0 Å². The molecule has 0 aliphatic heterocycles. The van der Waals surface area contributed by atoms with Crippen molar-refractivity contribution in [1.82, 2.24) is 15.4 Å². The Morgan fingerprint density at radius 2 is 1.77 bits per heavy atom. The van der Waals surface area contributed by atoms with Gasteiger partial charge in [-0.2, -0.15) is 0 Å². The predicted octanol–water partition coefficient (Wildman–Crippen LogP) is 4.11. The molecular formula is C16H12N6. The van der Waals surface area contributed by atoms with Gasteiger partial charge >= 0.3 is 0 Å². The number of benzene rings is 3. The van der Waals surface area contributed by atoms with Crippen molar-refractivity contribution >= 4 is 38.9 Å². The molecule has 0 radical (unpaired) electrons. The van der Waals surface area contributed by atoms with Gasteiger partial charge in [0.2, 0.25) is 0 Å². The zero-order valence-electron chi connectivity index (χ0n) is 11.6. The highest BCUT2D eigenvalue weighted by Gasteiger charge is 2.08. The minimum absolute atomic E-state index is 0.530. The van der Waals surface area contributed by atoms with E-state index in [4.69, 9.17) is 5.73 Å². The van der Waals surface area contributed by atoms with Crippen molar-refractivity contribution < 1.29 is 0 Å². The Balaban J connectivity index is 1.86. The smallest absolute Gasteiger partial charge is 0.136 e. The minimum Gasteiger partial charge on any atom is -0.397 e. The largest absolute Gasteiger partial charge is 0.397 e. The average molecular weight is 288 g/mol. The Kier molecular flexibility index (Phi) is 2.79. The summed E-state index contributed by atoms with van der Waals surface area (Å²) in [6.07, 6.45) is 0. The number of aromatic amines is 1. The monoisotopic (exact) mass is 288 g/mol. The second kappa shape index (κ2) is 4.92. The van der Waals surface area contributed by atoms with Crippen molar-refractivity contribution in [2.45, 2.75) is 0 Å². The number of H-pyrrole nitrogens is 1. The maximum Gasteiger partial charge on any atom is 0.136 e. The Bertz CT molecular complexity index is 997. The van der Waals surface area contributed by atoms with Gasteiger partial charge in [0.05, 0.1) is 11.4 Å². The highest BCUT2D eigenvalue weighted by Crippen LogP contribution is 2.32. The molecule has 3 N–H and O–H groups in total. The zero-order valence-corrected chi connectivity index (χ0v) is 11.6. The molecule has 4 rings (SSSR count). The average Bonchev–Trinajstić information content (AvgIpc) is 3.03. The molecule has 1 aromatic heterocycles. The molecule has 0 aliphatic rings. The van der Waals surface area contributed by atoms with Gasteiger partial charge in [0.1, 0.15) is 16.7 Å². The first-order chi connectivity index (χ1) is 10.8. The number of hydrogen-bond donors (Lipinski definition) is 2. The van der Waals surface area contributed by atoms with Gasteiger partial charge < -0.3 is 5.73 Å². The molecule has 0 fully saturated rings. The van der Waals surface area contributed by atoms with Gasteiger partial charge in [-0.05, 0) is 23.6 Å². The molecule has 6 nitrogen and oxygen atoms in total. The van der Waals surface area contributed by atoms with E-state index in [-0.39, 0.29) is 0 Å². The number of nitrogen functional groups attached to an aromatic ring is 1. The summed E-state index contributed by atoms with van der Waals surface area (Å²) in [5.41, 5.74) is 9.26. The van der Waals surface area contributed by atoms with Gasteiger partial charge in [0, 0.05) is 5.39 Å². The van der Waals surface area contributed by atoms with Gasteiger partial charge in [0.15, 0.2) is 0 Å². The van der Waals surface area contributed by atoms with E-state index < -0.39 is 0 Å². The number of nitrogens with one attached hydrogen (secondary N) is 1. The van der Waals surface area contributed by atoms with Crippen LogP contribution in [-0.2, 0) is 0 Å². The fourth-order valence-electron chi connectivity index (χ4n) is 2.43. The summed E-state index contributed by atoms with van der Waals surface area (Å²) in [6, 6.07) is 17.5. The van der Waals surface area contributed by atoms with Crippen LogP contribution in [0.1, 0.15) is 0 Å². The van der Waals surface area contributed by atoms with E-state index in [0.29, 0.717) is 22.4 Å². The standard InChI is InChI=1S/C16H12N6/c17-12-8-9-14-16(21-22-19-14)15(12)20-18-13-7-3-5-10-4-1-2-6-11(10)13/h1-9H,17H2,(H,19,21,22)/b20-18+. The van der Waals surface area contributed by atoms with Crippen LogP contribution in [0.4, 0.5) is 17.1 Å². The number of hydrogen-bond acceptors (Lipinski definition) is 5. The summed E-state index contributed by atoms with van der Waals surface area (Å²) >= 11 is 0. The summed E-state index contributed by atoms with van der Waals surface area (Å²) in [4.78, 5) is 0. The Hall–Kier alpha value is -3.28. The van der Waals surface area contributed by atoms with Crippen molar-refractivity contribution in [3.8, 4) is 0 Å². The fraction of sp³-hybridized carbons (Fsp3) is 0. The van der Waals surface area contributed by atoms with Gasteiger partial charge in [-0.3, -0.25) is 5.10 Å². The number of fused-ring (bicyclic) bond motifs is 2. The van der Waals surface area contributed by atoms with Crippen molar-refractivity contribution in [2.75, 3.05) is 5.73 Å². The summed E-state index contributed by atoms with van der Waals surface area (Å²) < 4.78 is 0. The molecule has 0 unspecified atom stereocenters. The maximum absolute atomic E-state index is 5.99. The lowest BCUT2D eigenvalue weighted by Gasteiger charge is -2.02. The van der Waals surface area contributed by atoms with Crippen LogP contribution in [-0.4, -0.2) is 15.4 Å². The maximum atomic E-state index is 5.99. The first-order valence-electron chi connectivity index (χ1n) is 6.82. The van der Waals surface area contributed by atoms with Crippen LogP contribution in [0.5, 0.6) is 0 Å². The predicted molar refractivity (Wildman–Crippen MR) is 86.4 cm³/mol. The number of aromatic nitrogens is 3. The second-order valence-corrected chi connectivity index (χ2v) is 4.91. The molecule has 6 heteroatoms. The van der Waals surface area contributed by atoms with E-state index in [1.807, 2.05) is 42.5 Å².